The highest BCUT2D eigenvalue weighted by Gasteiger charge is 2.78. The number of ketones is 1. The lowest BCUT2D eigenvalue weighted by Crippen LogP contribution is -2.45. The Balaban J connectivity index is 2.00. The second-order valence-corrected chi connectivity index (χ2v) is 5.44. The molecular formula is C15H18O3. The second-order valence-electron chi connectivity index (χ2n) is 5.44. The number of fused-ring (bicyclic) bond motifs is 1. The Morgan fingerprint density at radius 3 is 2.33 bits per heavy atom. The lowest BCUT2D eigenvalue weighted by atomic mass is 9.87. The quantitative estimate of drug-likeness (QED) is 0.767. The summed E-state index contributed by atoms with van der Waals surface area (Å²) >= 11 is 0. The highest BCUT2D eigenvalue weighted by atomic mass is 16.7. The molecule has 0 saturated heterocycles. The highest BCUT2D eigenvalue weighted by molar-refractivity contribution is 5.92. The monoisotopic (exact) mass is 246 g/mol. The Bertz CT molecular complexity index is 478. The van der Waals surface area contributed by atoms with Crippen molar-refractivity contribution in [2.75, 3.05) is 14.2 Å². The van der Waals surface area contributed by atoms with E-state index in [0.29, 0.717) is 12.3 Å². The van der Waals surface area contributed by atoms with Gasteiger partial charge in [0, 0.05) is 32.0 Å². The van der Waals surface area contributed by atoms with Crippen molar-refractivity contribution in [1.82, 2.24) is 0 Å². The van der Waals surface area contributed by atoms with Crippen molar-refractivity contribution >= 4 is 5.78 Å². The topological polar surface area (TPSA) is 35.5 Å². The first-order valence-corrected chi connectivity index (χ1v) is 6.30. The highest BCUT2D eigenvalue weighted by Crippen LogP contribution is 2.70. The molecule has 0 heterocycles. The summed E-state index contributed by atoms with van der Waals surface area (Å²) in [5.41, 5.74) is 1.27. The lowest BCUT2D eigenvalue weighted by molar-refractivity contribution is -0.213. The third-order valence-corrected chi connectivity index (χ3v) is 4.92. The van der Waals surface area contributed by atoms with Gasteiger partial charge in [-0.3, -0.25) is 4.79 Å². The second kappa shape index (κ2) is 3.65. The first-order chi connectivity index (χ1) is 8.61. The third kappa shape index (κ3) is 1.19. The van der Waals surface area contributed by atoms with E-state index in [4.69, 9.17) is 9.47 Å². The number of ether oxygens (including phenoxy) is 2. The molecule has 1 aromatic rings. The molecule has 2 saturated carbocycles. The molecule has 3 heteroatoms. The van der Waals surface area contributed by atoms with E-state index < -0.39 is 5.79 Å². The summed E-state index contributed by atoms with van der Waals surface area (Å²) in [6.07, 6.45) is 0.553. The van der Waals surface area contributed by atoms with E-state index in [1.54, 1.807) is 14.2 Å². The average molecular weight is 246 g/mol. The molecule has 2 aliphatic rings. The smallest absolute Gasteiger partial charge is 0.232 e. The van der Waals surface area contributed by atoms with Crippen molar-refractivity contribution in [3.8, 4) is 0 Å². The number of carbonyl (C=O) groups excluding carboxylic acids is 1. The van der Waals surface area contributed by atoms with Crippen molar-refractivity contribution in [3.05, 3.63) is 35.9 Å². The minimum atomic E-state index is -1.03. The third-order valence-electron chi connectivity index (χ3n) is 4.92. The normalized spacial score (nSPS) is 36.5. The van der Waals surface area contributed by atoms with Gasteiger partial charge in [0.05, 0.1) is 0 Å². The summed E-state index contributed by atoms with van der Waals surface area (Å²) < 4.78 is 10.9. The number of hydrogen-bond donors (Lipinski definition) is 0. The Morgan fingerprint density at radius 1 is 1.17 bits per heavy atom. The fourth-order valence-electron chi connectivity index (χ4n) is 3.86. The van der Waals surface area contributed by atoms with Gasteiger partial charge in [-0.05, 0) is 11.5 Å². The molecule has 3 rings (SSSR count). The number of methoxy groups -OCH3 is 2. The molecule has 1 aromatic carbocycles. The number of hydrogen-bond acceptors (Lipinski definition) is 3. The van der Waals surface area contributed by atoms with E-state index in [0.717, 1.165) is 0 Å². The molecule has 0 spiro atoms. The molecule has 3 nitrogen and oxygen atoms in total. The maximum absolute atomic E-state index is 12.1. The van der Waals surface area contributed by atoms with Crippen LogP contribution in [0.25, 0.3) is 0 Å². The number of rotatable bonds is 3. The van der Waals surface area contributed by atoms with Crippen LogP contribution in [-0.2, 0) is 19.7 Å². The van der Waals surface area contributed by atoms with Gasteiger partial charge >= 0.3 is 0 Å². The average Bonchev–Trinajstić information content (AvgIpc) is 2.87. The van der Waals surface area contributed by atoms with E-state index in [1.807, 2.05) is 18.2 Å². The Morgan fingerprint density at radius 2 is 1.78 bits per heavy atom. The molecule has 0 bridgehead atoms. The standard InChI is InChI=1S/C15H18O3/c1-14(10-7-5-4-6-8-10)11-9-12(16)15(17-2,18-3)13(11)14/h4-8,11,13H,9H2,1-3H3. The minimum Gasteiger partial charge on any atom is -0.347 e. The zero-order valence-corrected chi connectivity index (χ0v) is 11.0. The maximum Gasteiger partial charge on any atom is 0.232 e. The minimum absolute atomic E-state index is 0.00118. The largest absolute Gasteiger partial charge is 0.347 e. The van der Waals surface area contributed by atoms with Crippen molar-refractivity contribution in [2.45, 2.75) is 24.5 Å². The molecular weight excluding hydrogens is 228 g/mol. The van der Waals surface area contributed by atoms with Crippen LogP contribution in [0.5, 0.6) is 0 Å². The van der Waals surface area contributed by atoms with Crippen LogP contribution in [-0.4, -0.2) is 25.8 Å². The van der Waals surface area contributed by atoms with Crippen LogP contribution < -0.4 is 0 Å². The summed E-state index contributed by atoms with van der Waals surface area (Å²) in [5, 5.41) is 0. The molecule has 0 amide bonds. The van der Waals surface area contributed by atoms with Gasteiger partial charge in [-0.2, -0.15) is 0 Å². The van der Waals surface area contributed by atoms with Gasteiger partial charge < -0.3 is 9.47 Å². The lowest BCUT2D eigenvalue weighted by Gasteiger charge is -2.30. The predicted octanol–water partition coefficient (Wildman–Crippen LogP) is 2.15. The zero-order valence-electron chi connectivity index (χ0n) is 11.0. The van der Waals surface area contributed by atoms with Crippen LogP contribution >= 0.6 is 0 Å². The van der Waals surface area contributed by atoms with Crippen LogP contribution in [0, 0.1) is 11.8 Å². The molecule has 2 fully saturated rings. The van der Waals surface area contributed by atoms with Crippen LogP contribution in [0.1, 0.15) is 18.9 Å². The first-order valence-electron chi connectivity index (χ1n) is 6.30. The first kappa shape index (κ1) is 11.9. The van der Waals surface area contributed by atoms with Gasteiger partial charge in [0.25, 0.3) is 0 Å². The Hall–Kier alpha value is -1.19. The van der Waals surface area contributed by atoms with Crippen LogP contribution in [0.15, 0.2) is 30.3 Å². The van der Waals surface area contributed by atoms with Gasteiger partial charge in [0.15, 0.2) is 5.78 Å². The fourth-order valence-corrected chi connectivity index (χ4v) is 3.86. The maximum atomic E-state index is 12.1. The number of benzene rings is 1. The van der Waals surface area contributed by atoms with Gasteiger partial charge in [0.2, 0.25) is 5.79 Å². The van der Waals surface area contributed by atoms with Crippen LogP contribution in [0.2, 0.25) is 0 Å². The molecule has 3 unspecified atom stereocenters. The summed E-state index contributed by atoms with van der Waals surface area (Å²) in [5.74, 6) is -0.479. The van der Waals surface area contributed by atoms with Crippen molar-refractivity contribution in [1.29, 1.82) is 0 Å². The van der Waals surface area contributed by atoms with Gasteiger partial charge in [0.1, 0.15) is 0 Å². The molecule has 0 aromatic heterocycles. The molecule has 3 atom stereocenters. The molecule has 0 radical (unpaired) electrons. The summed E-state index contributed by atoms with van der Waals surface area (Å²) in [4.78, 5) is 12.1. The molecule has 96 valence electrons. The molecule has 0 aliphatic heterocycles. The number of carbonyl (C=O) groups is 1. The van der Waals surface area contributed by atoms with E-state index in [1.165, 1.54) is 5.56 Å². The summed E-state index contributed by atoms with van der Waals surface area (Å²) in [7, 11) is 3.13. The van der Waals surface area contributed by atoms with E-state index >= 15 is 0 Å². The summed E-state index contributed by atoms with van der Waals surface area (Å²) in [6.45, 7) is 2.21. The van der Waals surface area contributed by atoms with Crippen LogP contribution in [0.4, 0.5) is 0 Å². The SMILES string of the molecule is COC1(OC)C(=O)CC2C1C2(C)c1ccccc1. The Kier molecular flexibility index (Phi) is 2.41. The van der Waals surface area contributed by atoms with Crippen molar-refractivity contribution < 1.29 is 14.3 Å². The molecule has 2 aliphatic carbocycles. The predicted molar refractivity (Wildman–Crippen MR) is 67.1 cm³/mol. The van der Waals surface area contributed by atoms with Gasteiger partial charge in [-0.1, -0.05) is 37.3 Å². The number of Topliss-reactive ketones (excluding diaryl/α,β-unsaturated/α-hetero) is 1. The van der Waals surface area contributed by atoms with Gasteiger partial charge in [-0.25, -0.2) is 0 Å². The summed E-state index contributed by atoms with van der Waals surface area (Å²) in [6, 6.07) is 10.3. The Labute approximate surface area is 107 Å². The molecule has 0 N–H and O–H groups in total. The van der Waals surface area contributed by atoms with E-state index in [2.05, 4.69) is 19.1 Å². The van der Waals surface area contributed by atoms with Gasteiger partial charge in [-0.15, -0.1) is 0 Å². The van der Waals surface area contributed by atoms with Crippen LogP contribution in [0.3, 0.4) is 0 Å². The van der Waals surface area contributed by atoms with Crippen molar-refractivity contribution in [2.24, 2.45) is 11.8 Å². The fraction of sp³-hybridized carbons (Fsp3) is 0.533. The van der Waals surface area contributed by atoms with E-state index in [-0.39, 0.29) is 17.1 Å². The van der Waals surface area contributed by atoms with E-state index in [9.17, 15) is 4.79 Å². The molecule has 18 heavy (non-hydrogen) atoms. The van der Waals surface area contributed by atoms with Crippen molar-refractivity contribution in [3.63, 3.8) is 0 Å². The zero-order chi connectivity index (χ0) is 13.0.